The van der Waals surface area contributed by atoms with Crippen LogP contribution < -0.4 is 10.1 Å². The molecule has 0 saturated heterocycles. The fourth-order valence-electron chi connectivity index (χ4n) is 2.95. The smallest absolute Gasteiger partial charge is 0.230 e. The minimum absolute atomic E-state index is 0.000188. The van der Waals surface area contributed by atoms with Crippen LogP contribution in [-0.4, -0.2) is 39.1 Å². The van der Waals surface area contributed by atoms with Crippen molar-refractivity contribution in [1.82, 2.24) is 20.1 Å². The van der Waals surface area contributed by atoms with Crippen molar-refractivity contribution in [2.45, 2.75) is 44.8 Å². The first-order valence-corrected chi connectivity index (χ1v) is 11.2. The Morgan fingerprint density at radius 2 is 1.83 bits per heavy atom. The van der Waals surface area contributed by atoms with Crippen molar-refractivity contribution in [1.29, 1.82) is 0 Å². The fraction of sp³-hybridized carbons (Fsp3) is 0.348. The van der Waals surface area contributed by atoms with Crippen LogP contribution >= 0.6 is 11.8 Å². The van der Waals surface area contributed by atoms with Gasteiger partial charge in [0.15, 0.2) is 5.16 Å². The van der Waals surface area contributed by atoms with E-state index in [9.17, 15) is 4.79 Å². The zero-order valence-corrected chi connectivity index (χ0v) is 18.5. The van der Waals surface area contributed by atoms with Crippen molar-refractivity contribution < 1.29 is 9.53 Å². The van der Waals surface area contributed by atoms with Crippen LogP contribution in [0.1, 0.15) is 38.6 Å². The molecule has 3 rings (SSSR count). The van der Waals surface area contributed by atoms with Gasteiger partial charge < -0.3 is 10.1 Å². The molecule has 6 nitrogen and oxygen atoms in total. The van der Waals surface area contributed by atoms with Crippen LogP contribution in [0.4, 0.5) is 0 Å². The maximum absolute atomic E-state index is 12.2. The molecule has 7 heteroatoms. The molecule has 0 aliphatic rings. The molecule has 1 aromatic heterocycles. The largest absolute Gasteiger partial charge is 0.494 e. The predicted octanol–water partition coefficient (Wildman–Crippen LogP) is 4.26. The highest BCUT2D eigenvalue weighted by atomic mass is 32.2. The molecule has 158 valence electrons. The van der Waals surface area contributed by atoms with Crippen LogP contribution in [0.25, 0.3) is 5.69 Å². The quantitative estimate of drug-likeness (QED) is 0.493. The second-order valence-electron chi connectivity index (χ2n) is 6.99. The monoisotopic (exact) mass is 424 g/mol. The number of hydrogen-bond acceptors (Lipinski definition) is 5. The highest BCUT2D eigenvalue weighted by molar-refractivity contribution is 7.99. The van der Waals surface area contributed by atoms with Gasteiger partial charge in [0.25, 0.3) is 0 Å². The van der Waals surface area contributed by atoms with E-state index in [2.05, 4.69) is 34.6 Å². The average Bonchev–Trinajstić information content (AvgIpc) is 3.16. The Bertz CT molecular complexity index is 942. The molecule has 0 saturated carbocycles. The van der Waals surface area contributed by atoms with E-state index in [1.54, 1.807) is 0 Å². The average molecular weight is 425 g/mol. The summed E-state index contributed by atoms with van der Waals surface area (Å²) in [6.07, 6.45) is 1.56. The SMILES string of the molecule is CCOc1ccc(-n2c(Cc3ccccc3)nnc2SCC(=O)NC(C)CC)cc1. The Labute approximate surface area is 182 Å². The van der Waals surface area contributed by atoms with Crippen LogP contribution in [0.2, 0.25) is 0 Å². The second-order valence-corrected chi connectivity index (χ2v) is 7.93. The standard InChI is InChI=1S/C23H28N4O2S/c1-4-17(3)24-22(28)16-30-23-26-25-21(15-18-9-7-6-8-10-18)27(23)19-11-13-20(14-12-19)29-5-2/h6-14,17H,4-5,15-16H2,1-3H3,(H,24,28). The van der Waals surface area contributed by atoms with Crippen LogP contribution in [0.5, 0.6) is 5.75 Å². The van der Waals surface area contributed by atoms with E-state index in [0.717, 1.165) is 29.2 Å². The van der Waals surface area contributed by atoms with Gasteiger partial charge in [-0.1, -0.05) is 49.0 Å². The third-order valence-corrected chi connectivity index (χ3v) is 5.59. The molecule has 0 fully saturated rings. The molecule has 30 heavy (non-hydrogen) atoms. The molecule has 1 atom stereocenters. The van der Waals surface area contributed by atoms with E-state index in [1.807, 2.05) is 60.9 Å². The van der Waals surface area contributed by atoms with Crippen LogP contribution in [-0.2, 0) is 11.2 Å². The van der Waals surface area contributed by atoms with Gasteiger partial charge in [-0.3, -0.25) is 9.36 Å². The molecule has 2 aromatic carbocycles. The number of aromatic nitrogens is 3. The fourth-order valence-corrected chi connectivity index (χ4v) is 3.73. The van der Waals surface area contributed by atoms with Crippen molar-refractivity contribution >= 4 is 17.7 Å². The number of rotatable bonds is 10. The van der Waals surface area contributed by atoms with Gasteiger partial charge in [-0.2, -0.15) is 0 Å². The molecule has 0 bridgehead atoms. The summed E-state index contributed by atoms with van der Waals surface area (Å²) in [4.78, 5) is 12.2. The minimum atomic E-state index is 0.000188. The van der Waals surface area contributed by atoms with Crippen molar-refractivity contribution in [3.8, 4) is 11.4 Å². The molecule has 3 aromatic rings. The first-order chi connectivity index (χ1) is 14.6. The lowest BCUT2D eigenvalue weighted by molar-refractivity contribution is -0.119. The summed E-state index contributed by atoms with van der Waals surface area (Å²) in [6.45, 7) is 6.64. The van der Waals surface area contributed by atoms with Crippen LogP contribution in [0, 0.1) is 0 Å². The molecular weight excluding hydrogens is 396 g/mol. The Morgan fingerprint density at radius 3 is 2.50 bits per heavy atom. The van der Waals surface area contributed by atoms with E-state index >= 15 is 0 Å². The summed E-state index contributed by atoms with van der Waals surface area (Å²) in [5.74, 6) is 1.95. The Kier molecular flexibility index (Phi) is 7.90. The molecule has 0 aliphatic carbocycles. The summed E-state index contributed by atoms with van der Waals surface area (Å²) < 4.78 is 7.58. The number of carbonyl (C=O) groups is 1. The van der Waals surface area contributed by atoms with Gasteiger partial charge in [-0.15, -0.1) is 10.2 Å². The van der Waals surface area contributed by atoms with Crippen molar-refractivity contribution in [3.05, 3.63) is 66.0 Å². The maximum Gasteiger partial charge on any atom is 0.230 e. The highest BCUT2D eigenvalue weighted by Crippen LogP contribution is 2.25. The molecule has 0 spiro atoms. The lowest BCUT2D eigenvalue weighted by Crippen LogP contribution is -2.33. The Morgan fingerprint density at radius 1 is 1.10 bits per heavy atom. The molecule has 1 unspecified atom stereocenters. The van der Waals surface area contributed by atoms with Crippen LogP contribution in [0.3, 0.4) is 0 Å². The van der Waals surface area contributed by atoms with Gasteiger partial charge in [0.2, 0.25) is 5.91 Å². The number of nitrogens with one attached hydrogen (secondary N) is 1. The zero-order chi connectivity index (χ0) is 21.3. The summed E-state index contributed by atoms with van der Waals surface area (Å²) >= 11 is 1.39. The molecule has 0 radical (unpaired) electrons. The molecular formula is C23H28N4O2S. The number of ether oxygens (including phenoxy) is 1. The number of hydrogen-bond donors (Lipinski definition) is 1. The number of benzene rings is 2. The van der Waals surface area contributed by atoms with Gasteiger partial charge in [-0.05, 0) is 50.1 Å². The van der Waals surface area contributed by atoms with Crippen molar-refractivity contribution in [3.63, 3.8) is 0 Å². The molecule has 1 amide bonds. The van der Waals surface area contributed by atoms with E-state index < -0.39 is 0 Å². The summed E-state index contributed by atoms with van der Waals surface area (Å²) in [6, 6.07) is 18.2. The number of nitrogens with zero attached hydrogens (tertiary/aromatic N) is 3. The van der Waals surface area contributed by atoms with E-state index in [4.69, 9.17) is 4.74 Å². The first kappa shape index (κ1) is 21.9. The zero-order valence-electron chi connectivity index (χ0n) is 17.7. The number of thioether (sulfide) groups is 1. The van der Waals surface area contributed by atoms with Gasteiger partial charge in [0.05, 0.1) is 12.4 Å². The lowest BCUT2D eigenvalue weighted by atomic mass is 10.1. The summed E-state index contributed by atoms with van der Waals surface area (Å²) in [5, 5.41) is 12.5. The van der Waals surface area contributed by atoms with E-state index in [1.165, 1.54) is 11.8 Å². The number of amides is 1. The molecule has 1 N–H and O–H groups in total. The summed E-state index contributed by atoms with van der Waals surface area (Å²) in [7, 11) is 0. The molecule has 1 heterocycles. The van der Waals surface area contributed by atoms with Gasteiger partial charge in [0, 0.05) is 18.2 Å². The Balaban J connectivity index is 1.85. The van der Waals surface area contributed by atoms with Crippen molar-refractivity contribution in [2.75, 3.05) is 12.4 Å². The van der Waals surface area contributed by atoms with Gasteiger partial charge in [-0.25, -0.2) is 0 Å². The Hall–Kier alpha value is -2.80. The number of carbonyl (C=O) groups excluding carboxylic acids is 1. The maximum atomic E-state index is 12.2. The third-order valence-electron chi connectivity index (χ3n) is 4.66. The highest BCUT2D eigenvalue weighted by Gasteiger charge is 2.17. The minimum Gasteiger partial charge on any atom is -0.494 e. The molecule has 0 aliphatic heterocycles. The van der Waals surface area contributed by atoms with E-state index in [-0.39, 0.29) is 11.9 Å². The third kappa shape index (κ3) is 5.86. The van der Waals surface area contributed by atoms with Gasteiger partial charge >= 0.3 is 0 Å². The topological polar surface area (TPSA) is 69.0 Å². The first-order valence-electron chi connectivity index (χ1n) is 10.2. The second kappa shape index (κ2) is 10.8. The van der Waals surface area contributed by atoms with Gasteiger partial charge in [0.1, 0.15) is 11.6 Å². The predicted molar refractivity (Wildman–Crippen MR) is 120 cm³/mol. The van der Waals surface area contributed by atoms with Crippen LogP contribution in [0.15, 0.2) is 59.8 Å². The van der Waals surface area contributed by atoms with E-state index in [0.29, 0.717) is 23.9 Å². The lowest BCUT2D eigenvalue weighted by Gasteiger charge is -2.13. The summed E-state index contributed by atoms with van der Waals surface area (Å²) in [5.41, 5.74) is 2.10. The normalized spacial score (nSPS) is 11.8. The van der Waals surface area contributed by atoms with Crippen molar-refractivity contribution in [2.24, 2.45) is 0 Å².